The topological polar surface area (TPSA) is 67.9 Å². The van der Waals surface area contributed by atoms with E-state index >= 15 is 0 Å². The number of methoxy groups -OCH3 is 2. The molecule has 0 fully saturated rings. The van der Waals surface area contributed by atoms with Crippen LogP contribution in [0.15, 0.2) is 42.5 Å². The first-order valence-corrected chi connectivity index (χ1v) is 8.84. The number of rotatable bonds is 8. The van der Waals surface area contributed by atoms with E-state index in [0.29, 0.717) is 28.8 Å². The molecule has 144 valence electrons. The van der Waals surface area contributed by atoms with Crippen molar-refractivity contribution < 1.29 is 19.1 Å². The van der Waals surface area contributed by atoms with Crippen LogP contribution < -0.4 is 19.7 Å². The fourth-order valence-electron chi connectivity index (χ4n) is 2.60. The first-order valence-electron chi connectivity index (χ1n) is 8.46. The maximum atomic E-state index is 12.2. The van der Waals surface area contributed by atoms with Crippen LogP contribution in [0.1, 0.15) is 18.9 Å². The number of ether oxygens (including phenoxy) is 2. The third kappa shape index (κ3) is 5.62. The maximum absolute atomic E-state index is 12.2. The molecule has 27 heavy (non-hydrogen) atoms. The van der Waals surface area contributed by atoms with Gasteiger partial charge in [-0.1, -0.05) is 29.8 Å². The summed E-state index contributed by atoms with van der Waals surface area (Å²) in [6.07, 6.45) is 0.165. The molecular formula is C20H23ClN2O4. The first kappa shape index (κ1) is 20.6. The van der Waals surface area contributed by atoms with Gasteiger partial charge in [-0.05, 0) is 23.8 Å². The Morgan fingerprint density at radius 1 is 1.07 bits per heavy atom. The number of hydrogen-bond donors (Lipinski definition) is 1. The van der Waals surface area contributed by atoms with Gasteiger partial charge in [-0.3, -0.25) is 9.59 Å². The fourth-order valence-corrected chi connectivity index (χ4v) is 2.80. The van der Waals surface area contributed by atoms with Gasteiger partial charge in [-0.25, -0.2) is 0 Å². The summed E-state index contributed by atoms with van der Waals surface area (Å²) in [5.74, 6) is 0.759. The standard InChI is InChI=1S/C20H23ClN2O4/c1-14(24)23(16-8-9-18(26-2)19(12-16)27-3)11-10-20(25)22-13-15-6-4-5-7-17(15)21/h4-9,12H,10-11,13H2,1-3H3,(H,22,25). The Kier molecular flexibility index (Phi) is 7.49. The number of nitrogens with one attached hydrogen (secondary N) is 1. The van der Waals surface area contributed by atoms with E-state index in [4.69, 9.17) is 21.1 Å². The molecule has 0 saturated carbocycles. The summed E-state index contributed by atoms with van der Waals surface area (Å²) in [7, 11) is 3.07. The Morgan fingerprint density at radius 3 is 2.41 bits per heavy atom. The highest BCUT2D eigenvalue weighted by molar-refractivity contribution is 6.31. The van der Waals surface area contributed by atoms with Gasteiger partial charge in [0, 0.05) is 43.2 Å². The van der Waals surface area contributed by atoms with Gasteiger partial charge < -0.3 is 19.7 Å². The smallest absolute Gasteiger partial charge is 0.223 e. The van der Waals surface area contributed by atoms with E-state index in [1.54, 1.807) is 31.4 Å². The summed E-state index contributed by atoms with van der Waals surface area (Å²) in [6, 6.07) is 12.5. The Hall–Kier alpha value is -2.73. The van der Waals surface area contributed by atoms with Crippen molar-refractivity contribution in [2.24, 2.45) is 0 Å². The molecular weight excluding hydrogens is 368 g/mol. The number of carbonyl (C=O) groups excluding carboxylic acids is 2. The number of anilines is 1. The number of hydrogen-bond acceptors (Lipinski definition) is 4. The molecule has 2 aromatic carbocycles. The van der Waals surface area contributed by atoms with Crippen molar-refractivity contribution in [3.8, 4) is 11.5 Å². The van der Waals surface area contributed by atoms with Gasteiger partial charge >= 0.3 is 0 Å². The molecule has 0 aliphatic heterocycles. The monoisotopic (exact) mass is 390 g/mol. The van der Waals surface area contributed by atoms with Gasteiger partial charge in [0.2, 0.25) is 11.8 Å². The molecule has 7 heteroatoms. The second-order valence-electron chi connectivity index (χ2n) is 5.83. The second-order valence-corrected chi connectivity index (χ2v) is 6.24. The van der Waals surface area contributed by atoms with Crippen LogP contribution in [0.4, 0.5) is 5.69 Å². The summed E-state index contributed by atoms with van der Waals surface area (Å²) in [4.78, 5) is 25.7. The van der Waals surface area contributed by atoms with Crippen molar-refractivity contribution >= 4 is 29.1 Å². The molecule has 0 aliphatic rings. The van der Waals surface area contributed by atoms with Crippen LogP contribution in [0.25, 0.3) is 0 Å². The third-order valence-electron chi connectivity index (χ3n) is 4.06. The Labute approximate surface area is 164 Å². The lowest BCUT2D eigenvalue weighted by atomic mass is 10.2. The lowest BCUT2D eigenvalue weighted by molar-refractivity contribution is -0.121. The van der Waals surface area contributed by atoms with Crippen LogP contribution in [0, 0.1) is 0 Å². The average molecular weight is 391 g/mol. The molecule has 0 spiro atoms. The molecule has 0 heterocycles. The second kappa shape index (κ2) is 9.83. The van der Waals surface area contributed by atoms with E-state index < -0.39 is 0 Å². The highest BCUT2D eigenvalue weighted by atomic mass is 35.5. The van der Waals surface area contributed by atoms with E-state index in [9.17, 15) is 9.59 Å². The van der Waals surface area contributed by atoms with Crippen molar-refractivity contribution in [3.63, 3.8) is 0 Å². The fraction of sp³-hybridized carbons (Fsp3) is 0.300. The van der Waals surface area contributed by atoms with Gasteiger partial charge in [-0.15, -0.1) is 0 Å². The van der Waals surface area contributed by atoms with Crippen LogP contribution >= 0.6 is 11.6 Å². The molecule has 0 atom stereocenters. The van der Waals surface area contributed by atoms with Gasteiger partial charge in [0.1, 0.15) is 0 Å². The van der Waals surface area contributed by atoms with Crippen LogP contribution in [-0.2, 0) is 16.1 Å². The lowest BCUT2D eigenvalue weighted by Gasteiger charge is -2.22. The maximum Gasteiger partial charge on any atom is 0.223 e. The number of nitrogens with zero attached hydrogens (tertiary/aromatic N) is 1. The zero-order chi connectivity index (χ0) is 19.8. The minimum Gasteiger partial charge on any atom is -0.493 e. The van der Waals surface area contributed by atoms with Crippen molar-refractivity contribution in [1.82, 2.24) is 5.32 Å². The summed E-state index contributed by atoms with van der Waals surface area (Å²) in [6.45, 7) is 2.05. The molecule has 1 N–H and O–H groups in total. The zero-order valence-electron chi connectivity index (χ0n) is 15.6. The van der Waals surface area contributed by atoms with E-state index in [1.807, 2.05) is 18.2 Å². The van der Waals surface area contributed by atoms with Crippen molar-refractivity contribution in [1.29, 1.82) is 0 Å². The Balaban J connectivity index is 1.99. The van der Waals surface area contributed by atoms with E-state index in [1.165, 1.54) is 18.9 Å². The number of halogens is 1. The molecule has 0 bridgehead atoms. The van der Waals surface area contributed by atoms with Gasteiger partial charge in [0.05, 0.1) is 14.2 Å². The summed E-state index contributed by atoms with van der Waals surface area (Å²) in [5, 5.41) is 3.43. The van der Waals surface area contributed by atoms with Crippen LogP contribution in [0.2, 0.25) is 5.02 Å². The first-order chi connectivity index (χ1) is 13.0. The normalized spacial score (nSPS) is 10.2. The molecule has 0 radical (unpaired) electrons. The van der Waals surface area contributed by atoms with E-state index in [-0.39, 0.29) is 24.8 Å². The molecule has 6 nitrogen and oxygen atoms in total. The van der Waals surface area contributed by atoms with Gasteiger partial charge in [0.25, 0.3) is 0 Å². The molecule has 0 aromatic heterocycles. The SMILES string of the molecule is COc1ccc(N(CCC(=O)NCc2ccccc2Cl)C(C)=O)cc1OC. The molecule has 0 saturated heterocycles. The van der Waals surface area contributed by atoms with Crippen molar-refractivity contribution in [2.45, 2.75) is 19.9 Å². The van der Waals surface area contributed by atoms with Crippen LogP contribution in [-0.4, -0.2) is 32.6 Å². The lowest BCUT2D eigenvalue weighted by Crippen LogP contribution is -2.33. The molecule has 2 rings (SSSR count). The number of benzene rings is 2. The van der Waals surface area contributed by atoms with Crippen LogP contribution in [0.3, 0.4) is 0 Å². The predicted molar refractivity (Wildman–Crippen MR) is 105 cm³/mol. The summed E-state index contributed by atoms with van der Waals surface area (Å²) < 4.78 is 10.5. The highest BCUT2D eigenvalue weighted by Gasteiger charge is 2.16. The predicted octanol–water partition coefficient (Wildman–Crippen LogP) is 3.42. The highest BCUT2D eigenvalue weighted by Crippen LogP contribution is 2.31. The van der Waals surface area contributed by atoms with Gasteiger partial charge in [0.15, 0.2) is 11.5 Å². The van der Waals surface area contributed by atoms with Crippen molar-refractivity contribution in [3.05, 3.63) is 53.1 Å². The Bertz CT molecular complexity index is 810. The average Bonchev–Trinajstić information content (AvgIpc) is 2.67. The third-order valence-corrected chi connectivity index (χ3v) is 4.42. The van der Waals surface area contributed by atoms with Gasteiger partial charge in [-0.2, -0.15) is 0 Å². The van der Waals surface area contributed by atoms with Crippen molar-refractivity contribution in [2.75, 3.05) is 25.7 Å². The minimum absolute atomic E-state index is 0.165. The molecule has 0 aliphatic carbocycles. The molecule has 2 amide bonds. The summed E-state index contributed by atoms with van der Waals surface area (Å²) >= 11 is 6.08. The zero-order valence-corrected chi connectivity index (χ0v) is 16.4. The molecule has 0 unspecified atom stereocenters. The number of carbonyl (C=O) groups is 2. The van der Waals surface area contributed by atoms with E-state index in [0.717, 1.165) is 5.56 Å². The Morgan fingerprint density at radius 2 is 1.78 bits per heavy atom. The molecule has 2 aromatic rings. The summed E-state index contributed by atoms with van der Waals surface area (Å²) in [5.41, 5.74) is 1.48. The van der Waals surface area contributed by atoms with E-state index in [2.05, 4.69) is 5.32 Å². The number of amides is 2. The quantitative estimate of drug-likeness (QED) is 0.750. The largest absolute Gasteiger partial charge is 0.493 e. The van der Waals surface area contributed by atoms with Crippen LogP contribution in [0.5, 0.6) is 11.5 Å². The minimum atomic E-state index is -0.166.